The topological polar surface area (TPSA) is 95.5 Å². The molecule has 1 saturated heterocycles. The quantitative estimate of drug-likeness (QED) is 0.402. The molecule has 11 heteroatoms. The molecule has 37 heavy (non-hydrogen) atoms. The third-order valence-corrected chi connectivity index (χ3v) is 7.19. The number of aromatic nitrogens is 5. The lowest BCUT2D eigenvalue weighted by Crippen LogP contribution is -2.39. The Morgan fingerprint density at radius 2 is 2.05 bits per heavy atom. The second kappa shape index (κ2) is 10.4. The largest absolute Gasteiger partial charge is 0.375 e. The summed E-state index contributed by atoms with van der Waals surface area (Å²) in [4.78, 5) is 30.1. The Hall–Kier alpha value is -2.98. The second-order valence-corrected chi connectivity index (χ2v) is 10.0. The minimum atomic E-state index is -0.313. The van der Waals surface area contributed by atoms with Crippen LogP contribution in [0.15, 0.2) is 52.6 Å². The van der Waals surface area contributed by atoms with E-state index in [2.05, 4.69) is 22.3 Å². The summed E-state index contributed by atoms with van der Waals surface area (Å²) in [5.41, 5.74) is 4.87. The highest BCUT2D eigenvalue weighted by Crippen LogP contribution is 2.34. The van der Waals surface area contributed by atoms with Crippen molar-refractivity contribution in [3.63, 3.8) is 0 Å². The van der Waals surface area contributed by atoms with E-state index in [0.29, 0.717) is 11.6 Å². The van der Waals surface area contributed by atoms with Gasteiger partial charge in [-0.3, -0.25) is 13.9 Å². The highest BCUT2D eigenvalue weighted by Gasteiger charge is 2.26. The monoisotopic (exact) mass is 542 g/mol. The maximum atomic E-state index is 12.9. The molecule has 1 aliphatic carbocycles. The molecule has 4 aromatic rings. The zero-order chi connectivity index (χ0) is 24.8. The van der Waals surface area contributed by atoms with Gasteiger partial charge in [0.25, 0.3) is 5.56 Å². The fraction of sp³-hybridized carbons (Fsp3) is 0.385. The first-order valence-electron chi connectivity index (χ1n) is 12.2. The minimum absolute atomic E-state index is 0. The highest BCUT2D eigenvalue weighted by molar-refractivity contribution is 6.31. The van der Waals surface area contributed by atoms with E-state index in [-0.39, 0.29) is 42.3 Å². The molecule has 4 heterocycles. The third kappa shape index (κ3) is 5.09. The first kappa shape index (κ1) is 25.7. The van der Waals surface area contributed by atoms with Gasteiger partial charge in [0, 0.05) is 54.6 Å². The van der Waals surface area contributed by atoms with E-state index in [1.54, 1.807) is 15.3 Å². The SMILES string of the molecule is Cc1cc(Cl)cc(-c2ncnn3cc(Cn4c(=O)ccn(C5CC5)c4=O)cc23)c1C[C@@H]1CNCCO1.Cl. The van der Waals surface area contributed by atoms with E-state index < -0.39 is 0 Å². The Labute approximate surface area is 224 Å². The van der Waals surface area contributed by atoms with Gasteiger partial charge in [0.15, 0.2) is 0 Å². The number of nitrogens with one attached hydrogen (secondary N) is 1. The lowest BCUT2D eigenvalue weighted by molar-refractivity contribution is 0.0292. The molecule has 0 amide bonds. The van der Waals surface area contributed by atoms with Gasteiger partial charge in [0.1, 0.15) is 6.33 Å². The van der Waals surface area contributed by atoms with Crippen LogP contribution in [0.4, 0.5) is 0 Å². The molecule has 9 nitrogen and oxygen atoms in total. The lowest BCUT2D eigenvalue weighted by atomic mass is 9.94. The molecular weight excluding hydrogens is 515 g/mol. The molecule has 1 aromatic carbocycles. The van der Waals surface area contributed by atoms with Crippen LogP contribution in [0.1, 0.15) is 35.6 Å². The number of hydrogen-bond donors (Lipinski definition) is 1. The van der Waals surface area contributed by atoms with Crippen LogP contribution >= 0.6 is 24.0 Å². The van der Waals surface area contributed by atoms with Gasteiger partial charge < -0.3 is 10.1 Å². The maximum Gasteiger partial charge on any atom is 0.331 e. The lowest BCUT2D eigenvalue weighted by Gasteiger charge is -2.25. The molecule has 1 N–H and O–H groups in total. The number of fused-ring (bicyclic) bond motifs is 1. The molecular formula is C26H28Cl2N6O3. The van der Waals surface area contributed by atoms with Crippen molar-refractivity contribution in [1.29, 1.82) is 0 Å². The Morgan fingerprint density at radius 1 is 1.22 bits per heavy atom. The van der Waals surface area contributed by atoms with Crippen LogP contribution in [0.25, 0.3) is 16.8 Å². The normalized spacial score (nSPS) is 17.6. The van der Waals surface area contributed by atoms with Gasteiger partial charge in [-0.15, -0.1) is 12.4 Å². The fourth-order valence-electron chi connectivity index (χ4n) is 5.00. The molecule has 0 spiro atoms. The van der Waals surface area contributed by atoms with E-state index in [4.69, 9.17) is 16.3 Å². The molecule has 2 aliphatic rings. The van der Waals surface area contributed by atoms with Crippen LogP contribution < -0.4 is 16.6 Å². The summed E-state index contributed by atoms with van der Waals surface area (Å²) >= 11 is 6.49. The standard InChI is InChI=1S/C26H27ClN6O3.ClH/c1-16-8-18(27)10-22(21(16)11-20-12-28-5-7-36-20)25-23-9-17(14-33(23)30-15-29-25)13-32-24(34)4-6-31(26(32)35)19-2-3-19;/h4,6,8-10,14-15,19-20,28H,2-3,5,7,11-13H2,1H3;1H/t20-;/m1./s1. The van der Waals surface area contributed by atoms with Crippen molar-refractivity contribution in [2.24, 2.45) is 0 Å². The van der Waals surface area contributed by atoms with Gasteiger partial charge in [-0.1, -0.05) is 11.6 Å². The second-order valence-electron chi connectivity index (χ2n) is 9.60. The van der Waals surface area contributed by atoms with E-state index >= 15 is 0 Å². The molecule has 1 aliphatic heterocycles. The van der Waals surface area contributed by atoms with Crippen LogP contribution in [-0.2, 0) is 17.7 Å². The molecule has 6 rings (SSSR count). The zero-order valence-corrected chi connectivity index (χ0v) is 22.0. The Kier molecular flexibility index (Phi) is 7.22. The van der Waals surface area contributed by atoms with Crippen molar-refractivity contribution in [2.75, 3.05) is 19.7 Å². The summed E-state index contributed by atoms with van der Waals surface area (Å²) in [6.07, 6.45) is 7.69. The molecule has 3 aromatic heterocycles. The van der Waals surface area contributed by atoms with Crippen molar-refractivity contribution in [3.05, 3.63) is 85.5 Å². The molecule has 0 unspecified atom stereocenters. The minimum Gasteiger partial charge on any atom is -0.375 e. The van der Waals surface area contributed by atoms with E-state index in [1.165, 1.54) is 17.0 Å². The van der Waals surface area contributed by atoms with Crippen molar-refractivity contribution in [2.45, 2.75) is 44.9 Å². The summed E-state index contributed by atoms with van der Waals surface area (Å²) < 4.78 is 10.7. The number of hydrogen-bond acceptors (Lipinski definition) is 6. The van der Waals surface area contributed by atoms with Gasteiger partial charge >= 0.3 is 5.69 Å². The van der Waals surface area contributed by atoms with Crippen molar-refractivity contribution in [3.8, 4) is 11.3 Å². The number of ether oxygens (including phenoxy) is 1. The smallest absolute Gasteiger partial charge is 0.331 e. The first-order chi connectivity index (χ1) is 17.5. The van der Waals surface area contributed by atoms with Crippen LogP contribution in [0, 0.1) is 6.92 Å². The number of nitrogens with zero attached hydrogens (tertiary/aromatic N) is 5. The molecule has 194 valence electrons. The van der Waals surface area contributed by atoms with Gasteiger partial charge in [-0.05, 0) is 54.7 Å². The predicted molar refractivity (Wildman–Crippen MR) is 144 cm³/mol. The van der Waals surface area contributed by atoms with Crippen molar-refractivity contribution >= 4 is 29.5 Å². The van der Waals surface area contributed by atoms with Gasteiger partial charge in [0.05, 0.1) is 30.5 Å². The number of morpholine rings is 1. The Bertz CT molecular complexity index is 1570. The maximum absolute atomic E-state index is 12.9. The van der Waals surface area contributed by atoms with Gasteiger partial charge in [0.2, 0.25) is 0 Å². The van der Waals surface area contributed by atoms with E-state index in [0.717, 1.165) is 65.8 Å². The fourth-order valence-corrected chi connectivity index (χ4v) is 5.27. The van der Waals surface area contributed by atoms with E-state index in [1.807, 2.05) is 24.4 Å². The van der Waals surface area contributed by atoms with Crippen LogP contribution in [0.2, 0.25) is 5.02 Å². The highest BCUT2D eigenvalue weighted by atomic mass is 35.5. The first-order valence-corrected chi connectivity index (χ1v) is 12.6. The summed E-state index contributed by atoms with van der Waals surface area (Å²) in [7, 11) is 0. The van der Waals surface area contributed by atoms with Crippen molar-refractivity contribution in [1.82, 2.24) is 29.0 Å². The molecule has 2 fully saturated rings. The van der Waals surface area contributed by atoms with Gasteiger partial charge in [-0.2, -0.15) is 5.10 Å². The van der Waals surface area contributed by atoms with Crippen LogP contribution in [-0.4, -0.2) is 49.5 Å². The van der Waals surface area contributed by atoms with Crippen LogP contribution in [0.5, 0.6) is 0 Å². The summed E-state index contributed by atoms with van der Waals surface area (Å²) in [6.45, 7) is 4.55. The number of aryl methyl sites for hydroxylation is 1. The Morgan fingerprint density at radius 3 is 2.81 bits per heavy atom. The average molecular weight is 543 g/mol. The number of halogens is 2. The van der Waals surface area contributed by atoms with Crippen molar-refractivity contribution < 1.29 is 4.74 Å². The number of rotatable bonds is 6. The van der Waals surface area contributed by atoms with Gasteiger partial charge in [-0.25, -0.2) is 14.3 Å². The van der Waals surface area contributed by atoms with Crippen LogP contribution in [0.3, 0.4) is 0 Å². The van der Waals surface area contributed by atoms with E-state index in [9.17, 15) is 9.59 Å². The zero-order valence-electron chi connectivity index (χ0n) is 20.4. The molecule has 0 bridgehead atoms. The third-order valence-electron chi connectivity index (χ3n) is 6.97. The summed E-state index contributed by atoms with van der Waals surface area (Å²) in [5, 5.41) is 8.41. The molecule has 1 saturated carbocycles. The molecule has 0 radical (unpaired) electrons. The predicted octanol–water partition coefficient (Wildman–Crippen LogP) is 3.02. The summed E-state index contributed by atoms with van der Waals surface area (Å²) in [6, 6.07) is 7.50. The number of benzene rings is 1. The molecule has 1 atom stereocenters. The average Bonchev–Trinajstić information content (AvgIpc) is 3.62. The summed E-state index contributed by atoms with van der Waals surface area (Å²) in [5.74, 6) is 0. The Balaban J connectivity index is 0.00000280.